The van der Waals surface area contributed by atoms with Crippen LogP contribution in [0.15, 0.2) is 20.7 Å². The first-order valence-electron chi connectivity index (χ1n) is 5.49. The maximum Gasteiger partial charge on any atom is 0.325 e. The van der Waals surface area contributed by atoms with Crippen LogP contribution in [0.1, 0.15) is 12.8 Å². The van der Waals surface area contributed by atoms with E-state index in [0.29, 0.717) is 12.8 Å². The van der Waals surface area contributed by atoms with Gasteiger partial charge >= 0.3 is 5.69 Å². The first-order chi connectivity index (χ1) is 8.41. The molecule has 2 heterocycles. The SMILES string of the molecule is Cl.NC1CCN(S(=O)(=O)c2c[nH]c(=O)[nH]c2=O)CC1. The molecule has 0 aromatic carbocycles. The Morgan fingerprint density at radius 2 is 1.84 bits per heavy atom. The van der Waals surface area contributed by atoms with Crippen molar-refractivity contribution < 1.29 is 8.42 Å². The highest BCUT2D eigenvalue weighted by Gasteiger charge is 2.30. The molecule has 0 radical (unpaired) electrons. The summed E-state index contributed by atoms with van der Waals surface area (Å²) in [5.74, 6) is 0. The number of H-pyrrole nitrogens is 2. The van der Waals surface area contributed by atoms with Crippen LogP contribution < -0.4 is 17.0 Å². The van der Waals surface area contributed by atoms with Crippen molar-refractivity contribution in [3.63, 3.8) is 0 Å². The van der Waals surface area contributed by atoms with Crippen LogP contribution in [0.25, 0.3) is 0 Å². The van der Waals surface area contributed by atoms with E-state index in [1.165, 1.54) is 4.31 Å². The van der Waals surface area contributed by atoms with E-state index in [0.717, 1.165) is 6.20 Å². The first-order valence-corrected chi connectivity index (χ1v) is 6.93. The molecule has 1 aromatic rings. The molecular formula is C9H15ClN4O4S. The number of sulfonamides is 1. The molecule has 2 rings (SSSR count). The smallest absolute Gasteiger partial charge is 0.325 e. The van der Waals surface area contributed by atoms with E-state index in [2.05, 4.69) is 4.98 Å². The van der Waals surface area contributed by atoms with E-state index in [1.807, 2.05) is 4.98 Å². The van der Waals surface area contributed by atoms with Crippen LogP contribution in [0.5, 0.6) is 0 Å². The van der Waals surface area contributed by atoms with Gasteiger partial charge in [-0.2, -0.15) is 4.31 Å². The summed E-state index contributed by atoms with van der Waals surface area (Å²) < 4.78 is 25.5. The highest BCUT2D eigenvalue weighted by Crippen LogP contribution is 2.16. The molecule has 0 saturated carbocycles. The third kappa shape index (κ3) is 3.24. The first kappa shape index (κ1) is 15.9. The molecule has 1 aliphatic rings. The summed E-state index contributed by atoms with van der Waals surface area (Å²) >= 11 is 0. The van der Waals surface area contributed by atoms with Crippen molar-refractivity contribution in [3.05, 3.63) is 27.0 Å². The number of nitrogens with one attached hydrogen (secondary N) is 2. The second-order valence-corrected chi connectivity index (χ2v) is 6.08. The van der Waals surface area contributed by atoms with Gasteiger partial charge in [0.1, 0.15) is 0 Å². The Labute approximate surface area is 115 Å². The van der Waals surface area contributed by atoms with Crippen molar-refractivity contribution in [2.24, 2.45) is 5.73 Å². The van der Waals surface area contributed by atoms with Gasteiger partial charge in [-0.1, -0.05) is 0 Å². The third-order valence-electron chi connectivity index (χ3n) is 2.90. The van der Waals surface area contributed by atoms with Crippen molar-refractivity contribution in [2.75, 3.05) is 13.1 Å². The molecule has 0 amide bonds. The predicted molar refractivity (Wildman–Crippen MR) is 70.9 cm³/mol. The van der Waals surface area contributed by atoms with E-state index in [1.54, 1.807) is 0 Å². The number of nitrogens with two attached hydrogens (primary N) is 1. The molecule has 10 heteroatoms. The Hall–Kier alpha value is -1.16. The molecule has 1 fully saturated rings. The number of rotatable bonds is 2. The van der Waals surface area contributed by atoms with Crippen LogP contribution in [0, 0.1) is 0 Å². The fourth-order valence-electron chi connectivity index (χ4n) is 1.84. The van der Waals surface area contributed by atoms with Crippen molar-refractivity contribution in [2.45, 2.75) is 23.8 Å². The van der Waals surface area contributed by atoms with Crippen LogP contribution in [0.2, 0.25) is 0 Å². The molecule has 1 aromatic heterocycles. The Morgan fingerprint density at radius 3 is 2.37 bits per heavy atom. The normalized spacial score (nSPS) is 17.9. The summed E-state index contributed by atoms with van der Waals surface area (Å²) in [7, 11) is -3.87. The van der Waals surface area contributed by atoms with Gasteiger partial charge in [0.05, 0.1) is 0 Å². The molecule has 0 atom stereocenters. The molecular weight excluding hydrogens is 296 g/mol. The summed E-state index contributed by atoms with van der Waals surface area (Å²) in [6.45, 7) is 0.560. The van der Waals surface area contributed by atoms with Gasteiger partial charge in [-0.3, -0.25) is 9.78 Å². The number of nitrogens with zero attached hydrogens (tertiary/aromatic N) is 1. The number of piperidine rings is 1. The molecule has 1 saturated heterocycles. The number of aromatic nitrogens is 2. The fourth-order valence-corrected chi connectivity index (χ4v) is 3.31. The molecule has 0 spiro atoms. The largest absolute Gasteiger partial charge is 0.328 e. The van der Waals surface area contributed by atoms with Gasteiger partial charge in [-0.25, -0.2) is 13.2 Å². The Morgan fingerprint density at radius 1 is 1.26 bits per heavy atom. The Bertz CT molecular complexity index is 645. The second-order valence-electron chi connectivity index (χ2n) is 4.18. The Kier molecular flexibility index (Phi) is 4.91. The van der Waals surface area contributed by atoms with Crippen molar-refractivity contribution in [3.8, 4) is 0 Å². The number of aromatic amines is 2. The molecule has 8 nitrogen and oxygen atoms in total. The molecule has 108 valence electrons. The van der Waals surface area contributed by atoms with E-state index in [-0.39, 0.29) is 31.5 Å². The molecule has 4 N–H and O–H groups in total. The molecule has 1 aliphatic heterocycles. The number of hydrogen-bond donors (Lipinski definition) is 3. The van der Waals surface area contributed by atoms with Crippen LogP contribution in [-0.2, 0) is 10.0 Å². The maximum absolute atomic E-state index is 12.2. The van der Waals surface area contributed by atoms with Crippen LogP contribution >= 0.6 is 12.4 Å². The average Bonchev–Trinajstić information content (AvgIpc) is 2.29. The van der Waals surface area contributed by atoms with Crippen LogP contribution in [0.3, 0.4) is 0 Å². The quantitative estimate of drug-likeness (QED) is 0.618. The zero-order chi connectivity index (χ0) is 13.3. The lowest BCUT2D eigenvalue weighted by molar-refractivity contribution is 0.319. The van der Waals surface area contributed by atoms with Crippen molar-refractivity contribution in [1.29, 1.82) is 0 Å². The van der Waals surface area contributed by atoms with Gasteiger partial charge in [-0.05, 0) is 12.8 Å². The molecule has 0 unspecified atom stereocenters. The molecule has 19 heavy (non-hydrogen) atoms. The number of halogens is 1. The van der Waals surface area contributed by atoms with E-state index in [4.69, 9.17) is 5.73 Å². The third-order valence-corrected chi connectivity index (χ3v) is 4.81. The topological polar surface area (TPSA) is 129 Å². The average molecular weight is 311 g/mol. The minimum absolute atomic E-state index is 0. The van der Waals surface area contributed by atoms with Crippen molar-refractivity contribution >= 4 is 22.4 Å². The monoisotopic (exact) mass is 310 g/mol. The van der Waals surface area contributed by atoms with Gasteiger partial charge in [0.25, 0.3) is 5.56 Å². The predicted octanol–water partition coefficient (Wildman–Crippen LogP) is -1.40. The molecule has 0 aliphatic carbocycles. The lowest BCUT2D eigenvalue weighted by Crippen LogP contribution is -2.44. The van der Waals surface area contributed by atoms with Crippen LogP contribution in [-0.4, -0.2) is 41.8 Å². The van der Waals surface area contributed by atoms with E-state index in [9.17, 15) is 18.0 Å². The minimum Gasteiger partial charge on any atom is -0.328 e. The second kappa shape index (κ2) is 5.87. The summed E-state index contributed by atoms with van der Waals surface area (Å²) in [5, 5.41) is 0. The number of hydrogen-bond acceptors (Lipinski definition) is 5. The Balaban J connectivity index is 0.00000180. The highest BCUT2D eigenvalue weighted by molar-refractivity contribution is 7.89. The highest BCUT2D eigenvalue weighted by atomic mass is 35.5. The van der Waals surface area contributed by atoms with Gasteiger partial charge in [0, 0.05) is 25.3 Å². The van der Waals surface area contributed by atoms with E-state index >= 15 is 0 Å². The summed E-state index contributed by atoms with van der Waals surface area (Å²) in [4.78, 5) is 25.9. The van der Waals surface area contributed by atoms with Gasteiger partial charge < -0.3 is 10.7 Å². The van der Waals surface area contributed by atoms with E-state index < -0.39 is 26.2 Å². The van der Waals surface area contributed by atoms with Gasteiger partial charge in [-0.15, -0.1) is 12.4 Å². The molecule has 0 bridgehead atoms. The summed E-state index contributed by atoms with van der Waals surface area (Å²) in [5.41, 5.74) is 4.05. The standard InChI is InChI=1S/C9H14N4O4S.ClH/c10-6-1-3-13(4-2-6)18(16,17)7-5-11-9(15)12-8(7)14;/h5-6H,1-4,10H2,(H2,11,12,14,15);1H. The zero-order valence-corrected chi connectivity index (χ0v) is 11.6. The maximum atomic E-state index is 12.2. The van der Waals surface area contributed by atoms with Gasteiger partial charge in [0.2, 0.25) is 10.0 Å². The lowest BCUT2D eigenvalue weighted by Gasteiger charge is -2.28. The summed E-state index contributed by atoms with van der Waals surface area (Å²) in [6, 6.07) is -0.00897. The van der Waals surface area contributed by atoms with Crippen LogP contribution in [0.4, 0.5) is 0 Å². The minimum atomic E-state index is -3.87. The lowest BCUT2D eigenvalue weighted by atomic mass is 10.1. The van der Waals surface area contributed by atoms with Gasteiger partial charge in [0.15, 0.2) is 4.90 Å². The zero-order valence-electron chi connectivity index (χ0n) is 9.96. The summed E-state index contributed by atoms with van der Waals surface area (Å²) in [6.07, 6.45) is 2.03. The fraction of sp³-hybridized carbons (Fsp3) is 0.556. The van der Waals surface area contributed by atoms with Crippen molar-refractivity contribution in [1.82, 2.24) is 14.3 Å².